The molecule has 0 unspecified atom stereocenters. The number of ether oxygens (including phenoxy) is 2. The zero-order valence-corrected chi connectivity index (χ0v) is 12.2. The maximum absolute atomic E-state index is 5.32. The molecular formula is C16H21NO3. The maximum atomic E-state index is 5.32. The van der Waals surface area contributed by atoms with E-state index in [1.165, 1.54) is 5.56 Å². The second-order valence-electron chi connectivity index (χ2n) is 4.75. The Balaban J connectivity index is 1.91. The lowest BCUT2D eigenvalue weighted by molar-refractivity contribution is 0.354. The Kier molecular flexibility index (Phi) is 5.07. The number of hydrogen-bond donors (Lipinski definition) is 1. The van der Waals surface area contributed by atoms with Gasteiger partial charge in [-0.1, -0.05) is 6.07 Å². The van der Waals surface area contributed by atoms with Crippen LogP contribution in [0.4, 0.5) is 0 Å². The van der Waals surface area contributed by atoms with Crippen molar-refractivity contribution in [1.82, 2.24) is 5.32 Å². The summed E-state index contributed by atoms with van der Waals surface area (Å²) in [5, 5.41) is 3.43. The summed E-state index contributed by atoms with van der Waals surface area (Å²) < 4.78 is 15.9. The van der Waals surface area contributed by atoms with E-state index in [2.05, 4.69) is 18.3 Å². The fourth-order valence-corrected chi connectivity index (χ4v) is 2.12. The van der Waals surface area contributed by atoms with Crippen LogP contribution < -0.4 is 14.8 Å². The van der Waals surface area contributed by atoms with Gasteiger partial charge in [0.1, 0.15) is 5.76 Å². The van der Waals surface area contributed by atoms with E-state index in [-0.39, 0.29) is 0 Å². The highest BCUT2D eigenvalue weighted by atomic mass is 16.5. The van der Waals surface area contributed by atoms with E-state index in [1.54, 1.807) is 20.5 Å². The van der Waals surface area contributed by atoms with Crippen molar-refractivity contribution in [3.05, 3.63) is 47.9 Å². The van der Waals surface area contributed by atoms with Gasteiger partial charge in [0.25, 0.3) is 0 Å². The first-order valence-corrected chi connectivity index (χ1v) is 6.69. The van der Waals surface area contributed by atoms with Crippen LogP contribution in [0.1, 0.15) is 18.2 Å². The smallest absolute Gasteiger partial charge is 0.160 e. The van der Waals surface area contributed by atoms with Gasteiger partial charge in [-0.05, 0) is 43.2 Å². The number of furan rings is 1. The predicted octanol–water partition coefficient (Wildman–Crippen LogP) is 3.02. The van der Waals surface area contributed by atoms with Crippen molar-refractivity contribution in [3.63, 3.8) is 0 Å². The molecule has 0 bridgehead atoms. The Bertz CT molecular complexity index is 523. The molecule has 2 rings (SSSR count). The van der Waals surface area contributed by atoms with Gasteiger partial charge in [0.2, 0.25) is 0 Å². The second-order valence-corrected chi connectivity index (χ2v) is 4.75. The minimum Gasteiger partial charge on any atom is -0.493 e. The molecule has 1 heterocycles. The lowest BCUT2D eigenvalue weighted by Gasteiger charge is -2.14. The highest BCUT2D eigenvalue weighted by Gasteiger charge is 2.08. The molecule has 20 heavy (non-hydrogen) atoms. The molecule has 4 heteroatoms. The van der Waals surface area contributed by atoms with Gasteiger partial charge in [0, 0.05) is 6.04 Å². The molecule has 1 aromatic heterocycles. The molecule has 0 spiro atoms. The Morgan fingerprint density at radius 3 is 2.60 bits per heavy atom. The maximum Gasteiger partial charge on any atom is 0.160 e. The molecule has 0 aliphatic carbocycles. The molecule has 108 valence electrons. The number of rotatable bonds is 7. The van der Waals surface area contributed by atoms with E-state index >= 15 is 0 Å². The molecule has 0 saturated heterocycles. The summed E-state index contributed by atoms with van der Waals surface area (Å²) in [6, 6.07) is 10.2. The average Bonchev–Trinajstić information content (AvgIpc) is 2.98. The summed E-state index contributed by atoms with van der Waals surface area (Å²) in [4.78, 5) is 0. The van der Waals surface area contributed by atoms with E-state index in [1.807, 2.05) is 24.3 Å². The summed E-state index contributed by atoms with van der Waals surface area (Å²) in [6.07, 6.45) is 2.61. The summed E-state index contributed by atoms with van der Waals surface area (Å²) in [5.41, 5.74) is 1.21. The Labute approximate surface area is 119 Å². The summed E-state index contributed by atoms with van der Waals surface area (Å²) >= 11 is 0. The standard InChI is InChI=1S/C16H21NO3/c1-12(17-11-14-5-4-8-20-14)9-13-6-7-15(18-2)16(10-13)19-3/h4-8,10,12,17H,9,11H2,1-3H3/t12-/m1/s1. The van der Waals surface area contributed by atoms with Gasteiger partial charge in [-0.2, -0.15) is 0 Å². The van der Waals surface area contributed by atoms with Gasteiger partial charge >= 0.3 is 0 Å². The molecule has 0 fully saturated rings. The van der Waals surface area contributed by atoms with Crippen LogP contribution >= 0.6 is 0 Å². The minimum atomic E-state index is 0.346. The van der Waals surface area contributed by atoms with Crippen molar-refractivity contribution in [2.75, 3.05) is 14.2 Å². The van der Waals surface area contributed by atoms with Crippen LogP contribution in [0.15, 0.2) is 41.0 Å². The molecule has 1 aromatic carbocycles. The molecule has 0 radical (unpaired) electrons. The van der Waals surface area contributed by atoms with E-state index < -0.39 is 0 Å². The molecule has 1 atom stereocenters. The molecule has 2 aromatic rings. The molecule has 0 aliphatic heterocycles. The third kappa shape index (κ3) is 3.78. The number of benzene rings is 1. The van der Waals surface area contributed by atoms with Gasteiger partial charge in [-0.3, -0.25) is 0 Å². The molecule has 1 N–H and O–H groups in total. The zero-order chi connectivity index (χ0) is 14.4. The first-order valence-electron chi connectivity index (χ1n) is 6.69. The van der Waals surface area contributed by atoms with Crippen LogP contribution in [-0.2, 0) is 13.0 Å². The van der Waals surface area contributed by atoms with Gasteiger partial charge in [0.15, 0.2) is 11.5 Å². The van der Waals surface area contributed by atoms with Gasteiger partial charge in [-0.15, -0.1) is 0 Å². The molecule has 0 amide bonds. The number of nitrogens with one attached hydrogen (secondary N) is 1. The number of methoxy groups -OCH3 is 2. The van der Waals surface area contributed by atoms with Gasteiger partial charge < -0.3 is 19.2 Å². The third-order valence-corrected chi connectivity index (χ3v) is 3.19. The molecule has 0 saturated carbocycles. The first-order chi connectivity index (χ1) is 9.72. The Morgan fingerprint density at radius 1 is 1.15 bits per heavy atom. The SMILES string of the molecule is COc1ccc(C[C@@H](C)NCc2ccco2)cc1OC. The van der Waals surface area contributed by atoms with Crippen LogP contribution in [-0.4, -0.2) is 20.3 Å². The summed E-state index contributed by atoms with van der Waals surface area (Å²) in [7, 11) is 3.30. The fraction of sp³-hybridized carbons (Fsp3) is 0.375. The fourth-order valence-electron chi connectivity index (χ4n) is 2.12. The Morgan fingerprint density at radius 2 is 1.95 bits per heavy atom. The monoisotopic (exact) mass is 275 g/mol. The van der Waals surface area contributed by atoms with Gasteiger partial charge in [0.05, 0.1) is 27.0 Å². The lowest BCUT2D eigenvalue weighted by atomic mass is 10.1. The van der Waals surface area contributed by atoms with Crippen LogP contribution in [0.25, 0.3) is 0 Å². The third-order valence-electron chi connectivity index (χ3n) is 3.19. The van der Waals surface area contributed by atoms with Crippen molar-refractivity contribution in [1.29, 1.82) is 0 Å². The topological polar surface area (TPSA) is 43.6 Å². The van der Waals surface area contributed by atoms with Gasteiger partial charge in [-0.25, -0.2) is 0 Å². The summed E-state index contributed by atoms with van der Waals surface area (Å²) in [5.74, 6) is 2.47. The van der Waals surface area contributed by atoms with Crippen molar-refractivity contribution in [3.8, 4) is 11.5 Å². The quantitative estimate of drug-likeness (QED) is 0.843. The lowest BCUT2D eigenvalue weighted by Crippen LogP contribution is -2.27. The zero-order valence-electron chi connectivity index (χ0n) is 12.2. The van der Waals surface area contributed by atoms with Crippen LogP contribution in [0.5, 0.6) is 11.5 Å². The van der Waals surface area contributed by atoms with E-state index in [4.69, 9.17) is 13.9 Å². The highest BCUT2D eigenvalue weighted by Crippen LogP contribution is 2.27. The van der Waals surface area contributed by atoms with E-state index in [9.17, 15) is 0 Å². The number of hydrogen-bond acceptors (Lipinski definition) is 4. The molecular weight excluding hydrogens is 254 g/mol. The largest absolute Gasteiger partial charge is 0.493 e. The average molecular weight is 275 g/mol. The van der Waals surface area contributed by atoms with E-state index in [0.717, 1.165) is 30.2 Å². The molecule has 0 aliphatic rings. The van der Waals surface area contributed by atoms with Crippen molar-refractivity contribution >= 4 is 0 Å². The van der Waals surface area contributed by atoms with E-state index in [0.29, 0.717) is 6.04 Å². The van der Waals surface area contributed by atoms with Crippen molar-refractivity contribution in [2.24, 2.45) is 0 Å². The second kappa shape index (κ2) is 7.01. The molecule has 4 nitrogen and oxygen atoms in total. The van der Waals surface area contributed by atoms with Crippen LogP contribution in [0, 0.1) is 0 Å². The normalized spacial score (nSPS) is 12.2. The van der Waals surface area contributed by atoms with Crippen LogP contribution in [0.2, 0.25) is 0 Å². The summed E-state index contributed by atoms with van der Waals surface area (Å²) in [6.45, 7) is 2.89. The van der Waals surface area contributed by atoms with Crippen LogP contribution in [0.3, 0.4) is 0 Å². The predicted molar refractivity (Wildman–Crippen MR) is 78.3 cm³/mol. The van der Waals surface area contributed by atoms with Crippen molar-refractivity contribution in [2.45, 2.75) is 25.9 Å². The minimum absolute atomic E-state index is 0.346. The first kappa shape index (κ1) is 14.5. The van der Waals surface area contributed by atoms with Crippen molar-refractivity contribution < 1.29 is 13.9 Å². The Hall–Kier alpha value is -1.94. The highest BCUT2D eigenvalue weighted by molar-refractivity contribution is 5.43.